The highest BCUT2D eigenvalue weighted by atomic mass is 16.7. The minimum Gasteiger partial charge on any atom is -0.461 e. The van der Waals surface area contributed by atoms with Crippen molar-refractivity contribution >= 4 is 5.97 Å². The molecular weight excluding hydrogens is 316 g/mol. The van der Waals surface area contributed by atoms with Crippen LogP contribution >= 0.6 is 0 Å². The van der Waals surface area contributed by atoms with Gasteiger partial charge in [0.25, 0.3) is 0 Å². The second kappa shape index (κ2) is 9.23. The van der Waals surface area contributed by atoms with E-state index in [0.717, 1.165) is 6.42 Å². The van der Waals surface area contributed by atoms with Gasteiger partial charge in [-0.15, -0.1) is 0 Å². The highest BCUT2D eigenvalue weighted by Gasteiger charge is 2.14. The van der Waals surface area contributed by atoms with Gasteiger partial charge < -0.3 is 14.2 Å². The fraction of sp³-hybridized carbons (Fsp3) is 0.381. The maximum absolute atomic E-state index is 12.4. The van der Waals surface area contributed by atoms with Crippen molar-refractivity contribution < 1.29 is 19.0 Å². The molecule has 25 heavy (non-hydrogen) atoms. The molecule has 0 fully saturated rings. The predicted molar refractivity (Wildman–Crippen MR) is 98.3 cm³/mol. The lowest BCUT2D eigenvalue weighted by Gasteiger charge is -2.16. The molecule has 0 aliphatic heterocycles. The molecule has 2 aromatic carbocycles. The maximum Gasteiger partial charge on any atom is 0.343 e. The van der Waals surface area contributed by atoms with Gasteiger partial charge >= 0.3 is 5.97 Å². The third kappa shape index (κ3) is 5.33. The second-order valence-corrected chi connectivity index (χ2v) is 5.91. The largest absolute Gasteiger partial charge is 0.461 e. The number of ether oxygens (including phenoxy) is 3. The van der Waals surface area contributed by atoms with Crippen molar-refractivity contribution in [1.82, 2.24) is 0 Å². The average Bonchev–Trinajstić information content (AvgIpc) is 2.63. The first-order chi connectivity index (χ1) is 12.0. The van der Waals surface area contributed by atoms with Crippen LogP contribution < -0.4 is 9.47 Å². The molecule has 2 rings (SSSR count). The molecule has 0 aromatic heterocycles. The molecule has 0 N–H and O–H groups in total. The van der Waals surface area contributed by atoms with Gasteiger partial charge in [-0.1, -0.05) is 38.1 Å². The Morgan fingerprint density at radius 3 is 2.20 bits per heavy atom. The maximum atomic E-state index is 12.4. The summed E-state index contributed by atoms with van der Waals surface area (Å²) in [6, 6.07) is 14.6. The molecule has 2 unspecified atom stereocenters. The molecule has 0 saturated heterocycles. The molecule has 0 bridgehead atoms. The number of hydrogen-bond acceptors (Lipinski definition) is 4. The Kier molecular flexibility index (Phi) is 7.02. The molecule has 0 aliphatic carbocycles. The number of esters is 1. The van der Waals surface area contributed by atoms with Gasteiger partial charge in [-0.2, -0.15) is 0 Å². The third-order valence-corrected chi connectivity index (χ3v) is 4.07. The van der Waals surface area contributed by atoms with E-state index in [-0.39, 0.29) is 0 Å². The number of carbonyl (C=O) groups excluding carboxylic acids is 1. The number of carbonyl (C=O) groups is 1. The lowest BCUT2D eigenvalue weighted by Crippen LogP contribution is -2.17. The van der Waals surface area contributed by atoms with E-state index < -0.39 is 12.3 Å². The van der Waals surface area contributed by atoms with Crippen molar-refractivity contribution in [2.45, 2.75) is 46.3 Å². The summed E-state index contributed by atoms with van der Waals surface area (Å²) in [4.78, 5) is 12.4. The van der Waals surface area contributed by atoms with E-state index in [1.54, 1.807) is 37.3 Å². The van der Waals surface area contributed by atoms with E-state index in [1.165, 1.54) is 5.56 Å². The van der Waals surface area contributed by atoms with Gasteiger partial charge in [0.2, 0.25) is 0 Å². The van der Waals surface area contributed by atoms with Crippen LogP contribution in [-0.2, 0) is 4.74 Å². The first kappa shape index (κ1) is 19.0. The normalized spacial score (nSPS) is 13.1. The van der Waals surface area contributed by atoms with Gasteiger partial charge in [-0.3, -0.25) is 0 Å². The number of rotatable bonds is 8. The van der Waals surface area contributed by atoms with Crippen LogP contribution in [0, 0.1) is 0 Å². The molecule has 0 aliphatic rings. The monoisotopic (exact) mass is 342 g/mol. The smallest absolute Gasteiger partial charge is 0.343 e. The van der Waals surface area contributed by atoms with Crippen molar-refractivity contribution in [3.63, 3.8) is 0 Å². The van der Waals surface area contributed by atoms with Crippen LogP contribution in [0.15, 0.2) is 48.5 Å². The molecular formula is C21H26O4. The SMILES string of the molecule is CCOC(C)Oc1ccccc1OC(=O)c1ccc(C(C)CC)cc1. The summed E-state index contributed by atoms with van der Waals surface area (Å²) >= 11 is 0. The van der Waals surface area contributed by atoms with Crippen LogP contribution in [0.2, 0.25) is 0 Å². The van der Waals surface area contributed by atoms with Gasteiger partial charge in [0.1, 0.15) is 0 Å². The minimum atomic E-state index is -0.417. The van der Waals surface area contributed by atoms with E-state index in [9.17, 15) is 4.79 Å². The fourth-order valence-corrected chi connectivity index (χ4v) is 2.42. The molecule has 0 amide bonds. The average molecular weight is 342 g/mol. The molecule has 0 saturated carbocycles. The zero-order valence-electron chi connectivity index (χ0n) is 15.3. The van der Waals surface area contributed by atoms with Gasteiger partial charge in [-0.25, -0.2) is 4.79 Å². The van der Waals surface area contributed by atoms with Crippen molar-refractivity contribution in [2.24, 2.45) is 0 Å². The Hall–Kier alpha value is -2.33. The van der Waals surface area contributed by atoms with Crippen LogP contribution in [-0.4, -0.2) is 18.9 Å². The van der Waals surface area contributed by atoms with Gasteiger partial charge in [-0.05, 0) is 56.0 Å². The predicted octanol–water partition coefficient (Wildman–Crippen LogP) is 5.18. The standard InChI is InChI=1S/C21H26O4/c1-5-15(3)17-11-13-18(14-12-17)21(22)25-20-10-8-7-9-19(20)24-16(4)23-6-2/h7-16H,5-6H2,1-4H3. The van der Waals surface area contributed by atoms with Crippen molar-refractivity contribution in [3.8, 4) is 11.5 Å². The summed E-state index contributed by atoms with van der Waals surface area (Å²) in [5.74, 6) is 0.924. The lowest BCUT2D eigenvalue weighted by molar-refractivity contribution is -0.0623. The zero-order valence-corrected chi connectivity index (χ0v) is 15.3. The molecule has 134 valence electrons. The Morgan fingerprint density at radius 2 is 1.60 bits per heavy atom. The Morgan fingerprint density at radius 1 is 0.960 bits per heavy atom. The van der Waals surface area contributed by atoms with Crippen LogP contribution in [0.4, 0.5) is 0 Å². The summed E-state index contributed by atoms with van der Waals surface area (Å²) in [6.07, 6.45) is 0.645. The van der Waals surface area contributed by atoms with E-state index in [1.807, 2.05) is 25.1 Å². The van der Waals surface area contributed by atoms with Gasteiger partial charge in [0.05, 0.1) is 5.56 Å². The Labute approximate surface area is 149 Å². The van der Waals surface area contributed by atoms with Crippen molar-refractivity contribution in [1.29, 1.82) is 0 Å². The Bertz CT molecular complexity index is 679. The molecule has 0 radical (unpaired) electrons. The highest BCUT2D eigenvalue weighted by molar-refractivity contribution is 5.91. The molecule has 0 heterocycles. The van der Waals surface area contributed by atoms with Gasteiger partial charge in [0, 0.05) is 6.61 Å². The summed E-state index contributed by atoms with van der Waals surface area (Å²) in [5.41, 5.74) is 1.73. The second-order valence-electron chi connectivity index (χ2n) is 5.91. The highest BCUT2D eigenvalue weighted by Crippen LogP contribution is 2.28. The molecule has 2 atom stereocenters. The van der Waals surface area contributed by atoms with Crippen LogP contribution in [0.3, 0.4) is 0 Å². The summed E-state index contributed by atoms with van der Waals surface area (Å²) in [7, 11) is 0. The van der Waals surface area contributed by atoms with Crippen molar-refractivity contribution in [3.05, 3.63) is 59.7 Å². The fourth-order valence-electron chi connectivity index (χ4n) is 2.42. The molecule has 4 heteroatoms. The van der Waals surface area contributed by atoms with E-state index >= 15 is 0 Å². The number of benzene rings is 2. The molecule has 0 spiro atoms. The van der Waals surface area contributed by atoms with Crippen LogP contribution in [0.5, 0.6) is 11.5 Å². The first-order valence-electron chi connectivity index (χ1n) is 8.74. The van der Waals surface area contributed by atoms with Crippen molar-refractivity contribution in [2.75, 3.05) is 6.61 Å². The van der Waals surface area contributed by atoms with Gasteiger partial charge in [0.15, 0.2) is 17.8 Å². The number of para-hydroxylation sites is 2. The summed E-state index contributed by atoms with van der Waals surface area (Å²) < 4.78 is 16.6. The number of hydrogen-bond donors (Lipinski definition) is 0. The zero-order chi connectivity index (χ0) is 18.2. The van der Waals surface area contributed by atoms with E-state index in [2.05, 4.69) is 13.8 Å². The molecule has 4 nitrogen and oxygen atoms in total. The van der Waals surface area contributed by atoms with Crippen LogP contribution in [0.1, 0.15) is 56.0 Å². The summed E-state index contributed by atoms with van der Waals surface area (Å²) in [6.45, 7) is 8.56. The summed E-state index contributed by atoms with van der Waals surface area (Å²) in [5, 5.41) is 0. The quantitative estimate of drug-likeness (QED) is 0.377. The Balaban J connectivity index is 2.10. The first-order valence-corrected chi connectivity index (χ1v) is 8.74. The molecule has 2 aromatic rings. The lowest BCUT2D eigenvalue weighted by atomic mass is 9.98. The topological polar surface area (TPSA) is 44.8 Å². The third-order valence-electron chi connectivity index (χ3n) is 4.07. The van der Waals surface area contributed by atoms with E-state index in [4.69, 9.17) is 14.2 Å². The van der Waals surface area contributed by atoms with E-state index in [0.29, 0.717) is 29.6 Å². The minimum absolute atomic E-state index is 0.380. The van der Waals surface area contributed by atoms with Crippen LogP contribution in [0.25, 0.3) is 0 Å².